The first-order valence-corrected chi connectivity index (χ1v) is 7.24. The summed E-state index contributed by atoms with van der Waals surface area (Å²) in [6, 6.07) is 5.64. The largest absolute Gasteiger partial charge is 0.488 e. The first kappa shape index (κ1) is 14.2. The van der Waals surface area contributed by atoms with Crippen molar-refractivity contribution in [1.29, 1.82) is 5.26 Å². The molecule has 0 radical (unpaired) electrons. The number of amides is 1. The van der Waals surface area contributed by atoms with E-state index in [1.165, 1.54) is 0 Å². The van der Waals surface area contributed by atoms with Gasteiger partial charge in [-0.3, -0.25) is 4.79 Å². The fraction of sp³-hybridized carbons (Fsp3) is 0.467. The molecule has 1 N–H and O–H groups in total. The highest BCUT2D eigenvalue weighted by Crippen LogP contribution is 2.46. The van der Waals surface area contributed by atoms with Gasteiger partial charge in [-0.1, -0.05) is 17.7 Å². The van der Waals surface area contributed by atoms with Crippen molar-refractivity contribution in [3.8, 4) is 11.8 Å². The smallest absolute Gasteiger partial charge is 0.248 e. The van der Waals surface area contributed by atoms with Crippen molar-refractivity contribution in [2.75, 3.05) is 13.2 Å². The number of nitrogens with zero attached hydrogens (tertiary/aromatic N) is 2. The summed E-state index contributed by atoms with van der Waals surface area (Å²) in [5, 5.41) is 18.7. The Balaban J connectivity index is 1.97. The summed E-state index contributed by atoms with van der Waals surface area (Å²) in [5.74, 6) is 0.297. The lowest BCUT2D eigenvalue weighted by molar-refractivity contribution is -0.139. The predicted octanol–water partition coefficient (Wildman–Crippen LogP) is 1.67. The second-order valence-electron chi connectivity index (χ2n) is 5.50. The summed E-state index contributed by atoms with van der Waals surface area (Å²) < 4.78 is 5.94. The lowest BCUT2D eigenvalue weighted by Crippen LogP contribution is -2.50. The molecule has 1 amide bonds. The van der Waals surface area contributed by atoms with E-state index in [2.05, 4.69) is 6.07 Å². The quantitative estimate of drug-likeness (QED) is 0.856. The summed E-state index contributed by atoms with van der Waals surface area (Å²) in [5.41, 5.74) is 1.28. The minimum Gasteiger partial charge on any atom is -0.488 e. The molecule has 2 aliphatic heterocycles. The Kier molecular flexibility index (Phi) is 3.52. The van der Waals surface area contributed by atoms with E-state index in [9.17, 15) is 10.1 Å². The van der Waals surface area contributed by atoms with Crippen LogP contribution in [-0.4, -0.2) is 41.2 Å². The average molecular weight is 307 g/mol. The van der Waals surface area contributed by atoms with Crippen molar-refractivity contribution in [3.63, 3.8) is 0 Å². The van der Waals surface area contributed by atoms with Crippen LogP contribution < -0.4 is 4.74 Å². The molecule has 0 aliphatic carbocycles. The molecule has 1 aromatic carbocycles. The Hall–Kier alpha value is -1.77. The number of fused-ring (bicyclic) bond motifs is 3. The van der Waals surface area contributed by atoms with E-state index in [4.69, 9.17) is 21.4 Å². The highest BCUT2D eigenvalue weighted by atomic mass is 35.5. The molecule has 0 saturated carbocycles. The van der Waals surface area contributed by atoms with Crippen LogP contribution in [0.4, 0.5) is 0 Å². The predicted molar refractivity (Wildman–Crippen MR) is 76.2 cm³/mol. The summed E-state index contributed by atoms with van der Waals surface area (Å²) in [7, 11) is 0. The van der Waals surface area contributed by atoms with E-state index in [1.807, 2.05) is 13.0 Å². The van der Waals surface area contributed by atoms with Gasteiger partial charge in [-0.15, -0.1) is 0 Å². The van der Waals surface area contributed by atoms with Crippen molar-refractivity contribution in [2.45, 2.75) is 31.4 Å². The number of aliphatic hydroxyl groups excluding tert-OH is 1. The average Bonchev–Trinajstić information content (AvgIpc) is 2.82. The van der Waals surface area contributed by atoms with Crippen LogP contribution in [0.3, 0.4) is 0 Å². The number of likely N-dealkylation sites (tertiary alicyclic amines) is 1. The highest BCUT2D eigenvalue weighted by Gasteiger charge is 2.43. The third-order valence-corrected chi connectivity index (χ3v) is 4.64. The third kappa shape index (κ3) is 2.15. The van der Waals surface area contributed by atoms with Crippen LogP contribution in [0, 0.1) is 11.3 Å². The van der Waals surface area contributed by atoms with Crippen molar-refractivity contribution < 1.29 is 14.6 Å². The molecule has 3 rings (SSSR count). The van der Waals surface area contributed by atoms with Crippen molar-refractivity contribution >= 4 is 17.5 Å². The lowest BCUT2D eigenvalue weighted by Gasteiger charge is -2.39. The van der Waals surface area contributed by atoms with Gasteiger partial charge in [-0.25, -0.2) is 0 Å². The number of benzene rings is 1. The van der Waals surface area contributed by atoms with E-state index >= 15 is 0 Å². The molecule has 0 spiro atoms. The van der Waals surface area contributed by atoms with Gasteiger partial charge in [0.2, 0.25) is 5.91 Å². The maximum absolute atomic E-state index is 11.8. The van der Waals surface area contributed by atoms with Gasteiger partial charge in [0.05, 0.1) is 5.02 Å². The Labute approximate surface area is 127 Å². The van der Waals surface area contributed by atoms with Gasteiger partial charge in [-0.2, -0.15) is 5.26 Å². The van der Waals surface area contributed by atoms with Crippen LogP contribution in [0.25, 0.3) is 0 Å². The van der Waals surface area contributed by atoms with Crippen LogP contribution in [0.15, 0.2) is 12.1 Å². The molecular weight excluding hydrogens is 292 g/mol. The fourth-order valence-corrected chi connectivity index (χ4v) is 3.44. The van der Waals surface area contributed by atoms with E-state index in [-0.39, 0.29) is 24.0 Å². The van der Waals surface area contributed by atoms with Crippen molar-refractivity contribution in [3.05, 3.63) is 28.3 Å². The molecule has 21 heavy (non-hydrogen) atoms. The number of ether oxygens (including phenoxy) is 1. The Bertz CT molecular complexity index is 641. The second kappa shape index (κ2) is 5.21. The van der Waals surface area contributed by atoms with Crippen LogP contribution in [0.5, 0.6) is 5.75 Å². The molecule has 2 heterocycles. The van der Waals surface area contributed by atoms with Gasteiger partial charge in [0.1, 0.15) is 30.1 Å². The van der Waals surface area contributed by atoms with Gasteiger partial charge in [0, 0.05) is 30.5 Å². The number of halogens is 1. The van der Waals surface area contributed by atoms with Crippen LogP contribution in [-0.2, 0) is 4.79 Å². The topological polar surface area (TPSA) is 73.6 Å². The molecular formula is C15H15ClN2O3. The maximum atomic E-state index is 11.8. The Morgan fingerprint density at radius 3 is 3.05 bits per heavy atom. The molecule has 1 fully saturated rings. The third-order valence-electron chi connectivity index (χ3n) is 4.32. The number of nitriles is 1. The summed E-state index contributed by atoms with van der Waals surface area (Å²) in [6.07, 6.45) is 0.622. The first-order valence-electron chi connectivity index (χ1n) is 6.86. The summed E-state index contributed by atoms with van der Waals surface area (Å²) >= 11 is 6.04. The number of rotatable bonds is 1. The number of carbonyl (C=O) groups excluding carboxylic acids is 1. The van der Waals surface area contributed by atoms with Gasteiger partial charge >= 0.3 is 0 Å². The van der Waals surface area contributed by atoms with Gasteiger partial charge in [0.15, 0.2) is 0 Å². The van der Waals surface area contributed by atoms with Crippen molar-refractivity contribution in [2.24, 2.45) is 0 Å². The Morgan fingerprint density at radius 1 is 1.62 bits per heavy atom. The number of hydrogen-bond donors (Lipinski definition) is 1. The number of carbonyl (C=O) groups is 1. The first-order chi connectivity index (χ1) is 10.1. The molecule has 0 aromatic heterocycles. The molecule has 0 bridgehead atoms. The number of aliphatic hydroxyl groups is 1. The van der Waals surface area contributed by atoms with Crippen LogP contribution in [0.2, 0.25) is 5.02 Å². The highest BCUT2D eigenvalue weighted by molar-refractivity contribution is 6.32. The molecule has 3 atom stereocenters. The lowest BCUT2D eigenvalue weighted by atomic mass is 9.86. The monoisotopic (exact) mass is 306 g/mol. The van der Waals surface area contributed by atoms with Gasteiger partial charge in [0.25, 0.3) is 0 Å². The SMILES string of the molecule is C[C@@H]1CC2Oc3c(ccc(Cl)c3C#N)C2CN1C(=O)CO. The maximum Gasteiger partial charge on any atom is 0.248 e. The molecule has 1 saturated heterocycles. The molecule has 6 heteroatoms. The van der Waals surface area contributed by atoms with Crippen LogP contribution in [0.1, 0.15) is 30.4 Å². The van der Waals surface area contributed by atoms with E-state index in [1.54, 1.807) is 11.0 Å². The minimum atomic E-state index is -0.487. The van der Waals surface area contributed by atoms with Crippen LogP contribution >= 0.6 is 11.6 Å². The van der Waals surface area contributed by atoms with Gasteiger partial charge < -0.3 is 14.7 Å². The number of piperidine rings is 1. The van der Waals surface area contributed by atoms with E-state index in [0.29, 0.717) is 29.3 Å². The summed E-state index contributed by atoms with van der Waals surface area (Å²) in [4.78, 5) is 13.5. The zero-order valence-electron chi connectivity index (χ0n) is 11.5. The molecule has 110 valence electrons. The number of hydrogen-bond acceptors (Lipinski definition) is 4. The summed E-state index contributed by atoms with van der Waals surface area (Å²) in [6.45, 7) is 1.94. The normalized spacial score (nSPS) is 26.6. The standard InChI is InChI=1S/C15H15ClN2O3/c1-8-4-13-11(6-18(8)14(20)7-19)9-2-3-12(16)10(5-17)15(9)21-13/h2-3,8,11,13,19H,4,6-7H2,1H3/t8-,11?,13?/m1/s1. The fourth-order valence-electron chi connectivity index (χ4n) is 3.25. The van der Waals surface area contributed by atoms with E-state index in [0.717, 1.165) is 5.56 Å². The molecule has 5 nitrogen and oxygen atoms in total. The Morgan fingerprint density at radius 2 is 2.38 bits per heavy atom. The minimum absolute atomic E-state index is 0.00113. The zero-order chi connectivity index (χ0) is 15.1. The van der Waals surface area contributed by atoms with E-state index < -0.39 is 6.61 Å². The zero-order valence-corrected chi connectivity index (χ0v) is 12.3. The van der Waals surface area contributed by atoms with Crippen molar-refractivity contribution in [1.82, 2.24) is 4.90 Å². The molecule has 2 unspecified atom stereocenters. The molecule has 2 aliphatic rings. The van der Waals surface area contributed by atoms with Gasteiger partial charge in [-0.05, 0) is 13.0 Å². The second-order valence-corrected chi connectivity index (χ2v) is 5.91. The molecule has 1 aromatic rings.